The largest absolute Gasteiger partial charge is 0.342 e. The van der Waals surface area contributed by atoms with Crippen molar-refractivity contribution < 1.29 is 14.0 Å². The van der Waals surface area contributed by atoms with Crippen LogP contribution in [0.5, 0.6) is 0 Å². The fourth-order valence-corrected chi connectivity index (χ4v) is 4.57. The predicted octanol–water partition coefficient (Wildman–Crippen LogP) is 2.76. The first kappa shape index (κ1) is 23.1. The normalized spacial score (nSPS) is 14.5. The van der Waals surface area contributed by atoms with Gasteiger partial charge in [0.25, 0.3) is 5.91 Å². The maximum atomic E-state index is 13.8. The van der Waals surface area contributed by atoms with E-state index in [0.717, 1.165) is 4.88 Å². The highest BCUT2D eigenvalue weighted by atomic mass is 32.1. The van der Waals surface area contributed by atoms with Gasteiger partial charge < -0.3 is 9.80 Å². The number of hydrogen-bond acceptors (Lipinski definition) is 6. The minimum Gasteiger partial charge on any atom is -0.342 e. The van der Waals surface area contributed by atoms with Crippen molar-refractivity contribution in [2.24, 2.45) is 0 Å². The van der Waals surface area contributed by atoms with Crippen molar-refractivity contribution in [2.75, 3.05) is 45.8 Å². The minimum absolute atomic E-state index is 0.0790. The van der Waals surface area contributed by atoms with E-state index in [0.29, 0.717) is 57.3 Å². The van der Waals surface area contributed by atoms with Gasteiger partial charge in [-0.25, -0.2) is 14.1 Å². The zero-order valence-corrected chi connectivity index (χ0v) is 19.6. The van der Waals surface area contributed by atoms with Crippen LogP contribution in [-0.4, -0.2) is 87.1 Å². The molecule has 1 aliphatic rings. The molecule has 4 rings (SSSR count). The average molecular weight is 471 g/mol. The summed E-state index contributed by atoms with van der Waals surface area (Å²) in [4.78, 5) is 36.5. The number of hydrogen-bond donors (Lipinski definition) is 0. The summed E-state index contributed by atoms with van der Waals surface area (Å²) in [7, 11) is 0. The second-order valence-corrected chi connectivity index (χ2v) is 8.71. The smallest absolute Gasteiger partial charge is 0.293 e. The molecular weight excluding hydrogens is 443 g/mol. The molecule has 0 unspecified atom stereocenters. The van der Waals surface area contributed by atoms with E-state index < -0.39 is 0 Å². The van der Waals surface area contributed by atoms with Crippen LogP contribution in [0.25, 0.3) is 16.4 Å². The lowest BCUT2D eigenvalue weighted by atomic mass is 10.3. The summed E-state index contributed by atoms with van der Waals surface area (Å²) in [5.74, 6) is 0.0367. The second kappa shape index (κ2) is 10.2. The van der Waals surface area contributed by atoms with Crippen LogP contribution in [0.15, 0.2) is 41.8 Å². The van der Waals surface area contributed by atoms with Crippen LogP contribution in [0, 0.1) is 5.82 Å². The number of aromatic nitrogens is 3. The van der Waals surface area contributed by atoms with E-state index in [1.807, 2.05) is 36.3 Å². The summed E-state index contributed by atoms with van der Waals surface area (Å²) in [6.45, 7) is 7.90. The number of likely N-dealkylation sites (N-methyl/N-ethyl adjacent to an activating group) is 1. The molecule has 2 amide bonds. The summed E-state index contributed by atoms with van der Waals surface area (Å²) in [6, 6.07) is 9.85. The van der Waals surface area contributed by atoms with E-state index in [4.69, 9.17) is 0 Å². The summed E-state index contributed by atoms with van der Waals surface area (Å²) < 4.78 is 15.4. The highest BCUT2D eigenvalue weighted by molar-refractivity contribution is 7.13. The first-order valence-corrected chi connectivity index (χ1v) is 11.9. The summed E-state index contributed by atoms with van der Waals surface area (Å²) in [5, 5.41) is 6.36. The molecule has 0 saturated carbocycles. The van der Waals surface area contributed by atoms with E-state index in [1.54, 1.807) is 17.0 Å². The number of amides is 2. The maximum Gasteiger partial charge on any atom is 0.293 e. The third-order valence-electron chi connectivity index (χ3n) is 5.73. The van der Waals surface area contributed by atoms with Gasteiger partial charge in [-0.1, -0.05) is 12.1 Å². The van der Waals surface area contributed by atoms with E-state index in [1.165, 1.54) is 28.2 Å². The summed E-state index contributed by atoms with van der Waals surface area (Å²) >= 11 is 1.48. The van der Waals surface area contributed by atoms with Crippen LogP contribution < -0.4 is 0 Å². The first-order valence-electron chi connectivity index (χ1n) is 11.1. The van der Waals surface area contributed by atoms with Crippen LogP contribution in [0.2, 0.25) is 0 Å². The Bertz CT molecular complexity index is 1100. The van der Waals surface area contributed by atoms with Gasteiger partial charge in [-0.2, -0.15) is 0 Å². The molecule has 1 aliphatic heterocycles. The number of carbonyl (C=O) groups is 2. The quantitative estimate of drug-likeness (QED) is 0.531. The van der Waals surface area contributed by atoms with Crippen molar-refractivity contribution in [1.82, 2.24) is 29.5 Å². The lowest BCUT2D eigenvalue weighted by Crippen LogP contribution is -2.51. The number of halogens is 1. The van der Waals surface area contributed by atoms with Crippen LogP contribution in [-0.2, 0) is 4.79 Å². The van der Waals surface area contributed by atoms with Crippen LogP contribution in [0.3, 0.4) is 0 Å². The molecule has 1 saturated heterocycles. The molecule has 0 bridgehead atoms. The third kappa shape index (κ3) is 5.12. The van der Waals surface area contributed by atoms with Crippen LogP contribution >= 0.6 is 11.3 Å². The summed E-state index contributed by atoms with van der Waals surface area (Å²) in [5.41, 5.74) is 0.504. The van der Waals surface area contributed by atoms with Crippen molar-refractivity contribution in [3.05, 3.63) is 53.4 Å². The van der Waals surface area contributed by atoms with Gasteiger partial charge in [0.1, 0.15) is 5.82 Å². The van der Waals surface area contributed by atoms with Gasteiger partial charge in [-0.05, 0) is 43.5 Å². The first-order chi connectivity index (χ1) is 16.0. The Kier molecular flexibility index (Phi) is 7.14. The Hall–Kier alpha value is -3.11. The lowest BCUT2D eigenvalue weighted by Gasteiger charge is -2.34. The second-order valence-electron chi connectivity index (χ2n) is 7.76. The molecule has 3 heterocycles. The zero-order chi connectivity index (χ0) is 23.4. The molecule has 10 heteroatoms. The Morgan fingerprint density at radius 1 is 1.09 bits per heavy atom. The lowest BCUT2D eigenvalue weighted by molar-refractivity contribution is -0.132. The van der Waals surface area contributed by atoms with Gasteiger partial charge in [0.05, 0.1) is 17.1 Å². The van der Waals surface area contributed by atoms with Gasteiger partial charge in [0, 0.05) is 39.3 Å². The summed E-state index contributed by atoms with van der Waals surface area (Å²) in [6.07, 6.45) is 0. The molecule has 8 nitrogen and oxygen atoms in total. The predicted molar refractivity (Wildman–Crippen MR) is 125 cm³/mol. The van der Waals surface area contributed by atoms with Crippen molar-refractivity contribution in [2.45, 2.75) is 13.8 Å². The number of carbonyl (C=O) groups excluding carboxylic acids is 2. The monoisotopic (exact) mass is 470 g/mol. The Morgan fingerprint density at radius 2 is 1.85 bits per heavy atom. The topological polar surface area (TPSA) is 74.6 Å². The van der Waals surface area contributed by atoms with Crippen molar-refractivity contribution in [3.8, 4) is 16.4 Å². The van der Waals surface area contributed by atoms with Gasteiger partial charge in [-0.3, -0.25) is 14.5 Å². The molecule has 0 atom stereocenters. The van der Waals surface area contributed by atoms with E-state index in [-0.39, 0.29) is 23.5 Å². The molecule has 1 fully saturated rings. The molecule has 3 aromatic rings. The molecule has 33 heavy (non-hydrogen) atoms. The van der Waals surface area contributed by atoms with E-state index in [9.17, 15) is 14.0 Å². The molecule has 1 aromatic carbocycles. The molecule has 0 spiro atoms. The van der Waals surface area contributed by atoms with Crippen LogP contribution in [0.4, 0.5) is 4.39 Å². The maximum absolute atomic E-state index is 13.8. The molecule has 0 radical (unpaired) electrons. The highest BCUT2D eigenvalue weighted by Crippen LogP contribution is 2.26. The Morgan fingerprint density at radius 3 is 2.48 bits per heavy atom. The van der Waals surface area contributed by atoms with Crippen molar-refractivity contribution in [1.29, 1.82) is 0 Å². The highest BCUT2D eigenvalue weighted by Gasteiger charge is 2.28. The SMILES string of the molecule is CCN(CC)C(=O)CN1CCN(C(=O)c2nc(-c3cccs3)n(-c3cccc(F)c3)n2)CC1. The zero-order valence-electron chi connectivity index (χ0n) is 18.8. The van der Waals surface area contributed by atoms with Gasteiger partial charge in [0.15, 0.2) is 5.82 Å². The van der Waals surface area contributed by atoms with Crippen molar-refractivity contribution in [3.63, 3.8) is 0 Å². The number of thiophene rings is 1. The molecule has 2 aromatic heterocycles. The Balaban J connectivity index is 1.49. The molecule has 0 N–H and O–H groups in total. The fraction of sp³-hybridized carbons (Fsp3) is 0.391. The number of benzene rings is 1. The number of nitrogens with zero attached hydrogens (tertiary/aromatic N) is 6. The van der Waals surface area contributed by atoms with Gasteiger partial charge >= 0.3 is 0 Å². The van der Waals surface area contributed by atoms with E-state index in [2.05, 4.69) is 15.0 Å². The van der Waals surface area contributed by atoms with Crippen LogP contribution in [0.1, 0.15) is 24.5 Å². The number of piperazine rings is 1. The van der Waals surface area contributed by atoms with E-state index >= 15 is 0 Å². The van der Waals surface area contributed by atoms with Gasteiger partial charge in [0.2, 0.25) is 11.7 Å². The standard InChI is InChI=1S/C23H27FN6O2S/c1-3-28(4-2)20(31)16-27-10-12-29(13-11-27)23(32)21-25-22(19-9-6-14-33-19)30(26-21)18-8-5-7-17(24)15-18/h5-9,14-15H,3-4,10-13,16H2,1-2H3. The minimum atomic E-state index is -0.386. The molecular formula is C23H27FN6O2S. The molecule has 0 aliphatic carbocycles. The van der Waals surface area contributed by atoms with Crippen molar-refractivity contribution >= 4 is 23.2 Å². The van der Waals surface area contributed by atoms with Gasteiger partial charge in [-0.15, -0.1) is 16.4 Å². The average Bonchev–Trinajstić information content (AvgIpc) is 3.50. The fourth-order valence-electron chi connectivity index (χ4n) is 3.87. The Labute approximate surface area is 196 Å². The number of rotatable bonds is 7. The molecule has 174 valence electrons. The third-order valence-corrected chi connectivity index (χ3v) is 6.59.